The molecule has 1 aromatic rings. The fourth-order valence-corrected chi connectivity index (χ4v) is 0.806. The molecule has 0 unspecified atom stereocenters. The van der Waals surface area contributed by atoms with Crippen molar-refractivity contribution in [3.8, 4) is 0 Å². The fourth-order valence-electron chi connectivity index (χ4n) is 0.624. The molecule has 51 valence electrons. The number of aryl methyl sites for hydroxylation is 1. The predicted octanol–water partition coefficient (Wildman–Crippen LogP) is 1.69. The molecule has 1 aromatic carbocycles. The van der Waals surface area contributed by atoms with Gasteiger partial charge in [0.05, 0.1) is 0 Å². The van der Waals surface area contributed by atoms with Gasteiger partial charge in [-0.2, -0.15) is 0 Å². The summed E-state index contributed by atoms with van der Waals surface area (Å²) in [5, 5.41) is 0. The van der Waals surface area contributed by atoms with Gasteiger partial charge in [0.1, 0.15) is 0 Å². The molecule has 0 aliphatic heterocycles. The summed E-state index contributed by atoms with van der Waals surface area (Å²) >= 11 is 4.87. The molecule has 0 saturated heterocycles. The van der Waals surface area contributed by atoms with Gasteiger partial charge in [0.2, 0.25) is 0 Å². The van der Waals surface area contributed by atoms with Crippen molar-refractivity contribution in [2.75, 3.05) is 0 Å². The Labute approximate surface area is 63.3 Å². The van der Waals surface area contributed by atoms with Gasteiger partial charge in [0, 0.05) is 0 Å². The fraction of sp³-hybridized carbons (Fsp3) is 0.125. The zero-order valence-corrected chi connectivity index (χ0v) is 6.13. The molecule has 0 spiro atoms. The van der Waals surface area contributed by atoms with Gasteiger partial charge in [-0.15, -0.1) is 0 Å². The summed E-state index contributed by atoms with van der Waals surface area (Å²) < 4.78 is 0. The van der Waals surface area contributed by atoms with Gasteiger partial charge in [-0.1, -0.05) is 0 Å². The third kappa shape index (κ3) is 1.78. The maximum atomic E-state index is 4.87. The minimum atomic E-state index is 1.10. The van der Waals surface area contributed by atoms with E-state index in [1.165, 1.54) is 5.56 Å². The van der Waals surface area contributed by atoms with Crippen molar-refractivity contribution >= 4 is 4.92 Å². The van der Waals surface area contributed by atoms with Gasteiger partial charge < -0.3 is 0 Å². The molecule has 0 fully saturated rings. The van der Waals surface area contributed by atoms with Crippen molar-refractivity contribution in [2.45, 2.75) is 6.92 Å². The van der Waals surface area contributed by atoms with Crippen molar-refractivity contribution in [3.63, 3.8) is 0 Å². The molecule has 0 aromatic heterocycles. The van der Waals surface area contributed by atoms with Crippen LogP contribution < -0.4 is 0 Å². The van der Waals surface area contributed by atoms with E-state index in [9.17, 15) is 0 Å². The van der Waals surface area contributed by atoms with Gasteiger partial charge >= 0.3 is 62.8 Å². The second-order valence-electron chi connectivity index (χ2n) is 2.00. The van der Waals surface area contributed by atoms with Crippen LogP contribution in [0.1, 0.15) is 11.1 Å². The topological polar surface area (TPSA) is 0 Å². The second-order valence-corrected chi connectivity index (χ2v) is 2.27. The third-order valence-corrected chi connectivity index (χ3v) is 1.49. The van der Waals surface area contributed by atoms with Crippen LogP contribution in [0, 0.1) is 6.92 Å². The molecule has 0 N–H and O–H groups in total. The molecule has 0 bridgehead atoms. The van der Waals surface area contributed by atoms with Crippen LogP contribution in [-0.4, -0.2) is 4.92 Å². The molecule has 1 rings (SSSR count). The molecule has 0 amide bonds. The maximum absolute atomic E-state index is 4.87. The van der Waals surface area contributed by atoms with Crippen molar-refractivity contribution in [1.82, 2.24) is 0 Å². The van der Waals surface area contributed by atoms with Gasteiger partial charge in [0.15, 0.2) is 0 Å². The molecule has 0 aliphatic rings. The van der Waals surface area contributed by atoms with Crippen molar-refractivity contribution in [1.29, 1.82) is 0 Å². The summed E-state index contributed by atoms with van der Waals surface area (Å²) in [5.74, 6) is 0. The third-order valence-electron chi connectivity index (χ3n) is 1.18. The summed E-state index contributed by atoms with van der Waals surface area (Å²) in [5.41, 5.74) is 2.37. The Hall–Kier alpha value is -0.391. The molecular weight excluding hydrogens is 160 g/mol. The number of rotatable bonds is 1. The molecule has 0 heterocycles. The van der Waals surface area contributed by atoms with Gasteiger partial charge in [-0.05, 0) is 0 Å². The zero-order chi connectivity index (χ0) is 6.69. The van der Waals surface area contributed by atoms with Gasteiger partial charge in [-0.3, -0.25) is 0 Å². The molecule has 0 nitrogen and oxygen atoms in total. The van der Waals surface area contributed by atoms with Crippen molar-refractivity contribution in [2.24, 2.45) is 0 Å². The van der Waals surface area contributed by atoms with E-state index in [0.29, 0.717) is 0 Å². The standard InChI is InChI=1S/C8H8.Cu/c1-7-3-5-8(2)6-4-7;/h1,3-6H,2H3;. The van der Waals surface area contributed by atoms with Crippen LogP contribution in [0.5, 0.6) is 0 Å². The van der Waals surface area contributed by atoms with E-state index in [4.69, 9.17) is 15.6 Å². The summed E-state index contributed by atoms with van der Waals surface area (Å²) in [7, 11) is 0. The van der Waals surface area contributed by atoms with Crippen molar-refractivity contribution < 1.29 is 15.6 Å². The first-order chi connectivity index (χ1) is 4.33. The molecule has 1 heteroatoms. The zero-order valence-electron chi connectivity index (χ0n) is 5.19. The molecular formula is C8H8Cu. The average Bonchev–Trinajstić information content (AvgIpc) is 1.90. The number of benzene rings is 1. The van der Waals surface area contributed by atoms with Crippen LogP contribution in [0.15, 0.2) is 24.3 Å². The Kier molecular flexibility index (Phi) is 2.21. The van der Waals surface area contributed by atoms with Crippen molar-refractivity contribution in [3.05, 3.63) is 35.4 Å². The normalized spacial score (nSPS) is 9.22. The first-order valence-corrected chi connectivity index (χ1v) is 3.33. The van der Waals surface area contributed by atoms with E-state index in [1.54, 1.807) is 4.92 Å². The molecule has 0 aliphatic carbocycles. The van der Waals surface area contributed by atoms with E-state index >= 15 is 0 Å². The SMILES string of the molecule is Cc1ccc([CH]=[Cu])cc1. The Morgan fingerprint density at radius 2 is 1.78 bits per heavy atom. The second kappa shape index (κ2) is 2.95. The summed E-state index contributed by atoms with van der Waals surface area (Å²) in [4.78, 5) is 1.66. The number of hydrogen-bond donors (Lipinski definition) is 0. The predicted molar refractivity (Wildman–Crippen MR) is 36.3 cm³/mol. The van der Waals surface area contributed by atoms with Crippen LogP contribution in [0.3, 0.4) is 0 Å². The summed E-state index contributed by atoms with van der Waals surface area (Å²) in [6.07, 6.45) is 0. The quantitative estimate of drug-likeness (QED) is 0.559. The number of hydrogen-bond acceptors (Lipinski definition) is 0. The van der Waals surface area contributed by atoms with E-state index in [-0.39, 0.29) is 0 Å². The molecule has 0 atom stereocenters. The first kappa shape index (κ1) is 6.73. The van der Waals surface area contributed by atoms with E-state index < -0.39 is 0 Å². The van der Waals surface area contributed by atoms with Crippen LogP contribution in [0.2, 0.25) is 0 Å². The van der Waals surface area contributed by atoms with Crippen LogP contribution in [0.4, 0.5) is 0 Å². The van der Waals surface area contributed by atoms with E-state index in [2.05, 4.69) is 19.1 Å². The van der Waals surface area contributed by atoms with Crippen LogP contribution >= 0.6 is 0 Å². The van der Waals surface area contributed by atoms with Crippen LogP contribution in [0.25, 0.3) is 0 Å². The van der Waals surface area contributed by atoms with E-state index in [1.807, 2.05) is 12.1 Å². The first-order valence-electron chi connectivity index (χ1n) is 2.78. The summed E-state index contributed by atoms with van der Waals surface area (Å²) in [6.45, 7) is 2.06. The molecule has 0 saturated carbocycles. The Bertz CT molecular complexity index is 198. The Morgan fingerprint density at radius 3 is 2.22 bits per heavy atom. The monoisotopic (exact) mass is 167 g/mol. The molecule has 9 heavy (non-hydrogen) atoms. The molecule has 0 radical (unpaired) electrons. The average molecular weight is 168 g/mol. The summed E-state index contributed by atoms with van der Waals surface area (Å²) in [6, 6.07) is 8.12. The van der Waals surface area contributed by atoms with Gasteiger partial charge in [-0.25, -0.2) is 0 Å². The van der Waals surface area contributed by atoms with Gasteiger partial charge in [0.25, 0.3) is 0 Å². The Morgan fingerprint density at radius 1 is 1.22 bits per heavy atom. The van der Waals surface area contributed by atoms with E-state index in [0.717, 1.165) is 5.56 Å². The minimum absolute atomic E-state index is 1.10. The Balaban J connectivity index is 3.01. The van der Waals surface area contributed by atoms with Crippen LogP contribution in [-0.2, 0) is 15.6 Å².